The lowest BCUT2D eigenvalue weighted by atomic mass is 10.1. The minimum atomic E-state index is -0.542. The van der Waals surface area contributed by atoms with E-state index in [0.717, 1.165) is 24.9 Å². The fourth-order valence-corrected chi connectivity index (χ4v) is 3.20. The SMILES string of the molecule is CCCCc1ccc(-n2nnnc2SC(C)C(=O)NC(=O)NC(C)(C)C)cc1. The van der Waals surface area contributed by atoms with Crippen molar-refractivity contribution in [2.45, 2.75) is 69.8 Å². The monoisotopic (exact) mass is 404 g/mol. The van der Waals surface area contributed by atoms with Crippen molar-refractivity contribution in [1.29, 1.82) is 0 Å². The molecule has 0 radical (unpaired) electrons. The Morgan fingerprint density at radius 1 is 1.21 bits per heavy atom. The molecule has 0 saturated carbocycles. The number of nitrogens with one attached hydrogen (secondary N) is 2. The number of aryl methyl sites for hydroxylation is 1. The minimum absolute atomic E-state index is 0.406. The van der Waals surface area contributed by atoms with Crippen molar-refractivity contribution in [2.75, 3.05) is 0 Å². The van der Waals surface area contributed by atoms with E-state index in [2.05, 4.69) is 45.2 Å². The first kappa shape index (κ1) is 21.9. The Balaban J connectivity index is 2.01. The Kier molecular flexibility index (Phi) is 7.56. The number of imide groups is 1. The number of carbonyl (C=O) groups excluding carboxylic acids is 2. The van der Waals surface area contributed by atoms with Crippen LogP contribution in [0.25, 0.3) is 5.69 Å². The summed E-state index contributed by atoms with van der Waals surface area (Å²) < 4.78 is 1.59. The molecule has 1 aromatic carbocycles. The number of carbonyl (C=O) groups is 2. The molecular formula is C19H28N6O2S. The zero-order valence-corrected chi connectivity index (χ0v) is 17.8. The van der Waals surface area contributed by atoms with Gasteiger partial charge in [0, 0.05) is 5.54 Å². The summed E-state index contributed by atoms with van der Waals surface area (Å²) in [5, 5.41) is 16.7. The summed E-state index contributed by atoms with van der Waals surface area (Å²) >= 11 is 1.19. The van der Waals surface area contributed by atoms with Gasteiger partial charge in [0.2, 0.25) is 11.1 Å². The van der Waals surface area contributed by atoms with Gasteiger partial charge in [-0.3, -0.25) is 10.1 Å². The van der Waals surface area contributed by atoms with E-state index < -0.39 is 22.7 Å². The average Bonchev–Trinajstić information content (AvgIpc) is 3.06. The standard InChI is InChI=1S/C19H28N6O2S/c1-6-7-8-14-9-11-15(12-10-14)25-18(22-23-24-25)28-13(2)16(26)20-17(27)21-19(3,4)5/h9-13H,6-8H2,1-5H3,(H2,20,21,26,27). The molecule has 152 valence electrons. The van der Waals surface area contributed by atoms with Crippen LogP contribution in [0.5, 0.6) is 0 Å². The number of hydrogen-bond acceptors (Lipinski definition) is 6. The molecule has 8 nitrogen and oxygen atoms in total. The lowest BCUT2D eigenvalue weighted by Crippen LogP contribution is -2.49. The number of rotatable bonds is 7. The van der Waals surface area contributed by atoms with Crippen LogP contribution in [0.4, 0.5) is 4.79 Å². The first-order valence-corrected chi connectivity index (χ1v) is 10.2. The van der Waals surface area contributed by atoms with Crippen LogP contribution in [0, 0.1) is 0 Å². The molecular weight excluding hydrogens is 376 g/mol. The Bertz CT molecular complexity index is 798. The van der Waals surface area contributed by atoms with Crippen molar-refractivity contribution in [2.24, 2.45) is 0 Å². The van der Waals surface area contributed by atoms with Crippen molar-refractivity contribution < 1.29 is 9.59 Å². The lowest BCUT2D eigenvalue weighted by molar-refractivity contribution is -0.119. The highest BCUT2D eigenvalue weighted by atomic mass is 32.2. The Morgan fingerprint density at radius 3 is 2.50 bits per heavy atom. The molecule has 1 atom stereocenters. The smallest absolute Gasteiger partial charge is 0.321 e. The van der Waals surface area contributed by atoms with Gasteiger partial charge in [-0.1, -0.05) is 37.2 Å². The molecule has 0 aliphatic heterocycles. The van der Waals surface area contributed by atoms with Gasteiger partial charge in [-0.25, -0.2) is 4.79 Å². The number of tetrazole rings is 1. The number of thioether (sulfide) groups is 1. The van der Waals surface area contributed by atoms with Crippen molar-refractivity contribution in [3.8, 4) is 5.69 Å². The highest BCUT2D eigenvalue weighted by molar-refractivity contribution is 8.00. The van der Waals surface area contributed by atoms with E-state index in [4.69, 9.17) is 0 Å². The fourth-order valence-electron chi connectivity index (χ4n) is 2.40. The number of amides is 3. The highest BCUT2D eigenvalue weighted by Gasteiger charge is 2.22. The minimum Gasteiger partial charge on any atom is -0.333 e. The van der Waals surface area contributed by atoms with Crippen LogP contribution in [0.15, 0.2) is 29.4 Å². The van der Waals surface area contributed by atoms with Gasteiger partial charge in [0.1, 0.15) is 0 Å². The summed E-state index contributed by atoms with van der Waals surface area (Å²) in [6, 6.07) is 7.54. The van der Waals surface area contributed by atoms with Gasteiger partial charge in [-0.2, -0.15) is 4.68 Å². The van der Waals surface area contributed by atoms with Gasteiger partial charge in [-0.15, -0.1) is 5.10 Å². The number of unbranched alkanes of at least 4 members (excludes halogenated alkanes) is 1. The highest BCUT2D eigenvalue weighted by Crippen LogP contribution is 2.23. The first-order chi connectivity index (χ1) is 13.2. The molecule has 0 fully saturated rings. The van der Waals surface area contributed by atoms with Gasteiger partial charge < -0.3 is 5.32 Å². The second-order valence-corrected chi connectivity index (χ2v) is 8.90. The van der Waals surface area contributed by atoms with Crippen LogP contribution in [0.2, 0.25) is 0 Å². The third-order valence-electron chi connectivity index (χ3n) is 3.82. The van der Waals surface area contributed by atoms with E-state index in [-0.39, 0.29) is 0 Å². The van der Waals surface area contributed by atoms with Gasteiger partial charge >= 0.3 is 6.03 Å². The zero-order chi connectivity index (χ0) is 20.7. The van der Waals surface area contributed by atoms with E-state index in [0.29, 0.717) is 5.16 Å². The van der Waals surface area contributed by atoms with Crippen LogP contribution in [0.1, 0.15) is 53.0 Å². The van der Waals surface area contributed by atoms with Gasteiger partial charge in [0.15, 0.2) is 0 Å². The van der Waals surface area contributed by atoms with Crippen LogP contribution in [-0.2, 0) is 11.2 Å². The van der Waals surface area contributed by atoms with E-state index in [1.165, 1.54) is 17.3 Å². The second-order valence-electron chi connectivity index (χ2n) is 7.60. The number of urea groups is 1. The number of hydrogen-bond donors (Lipinski definition) is 2. The Morgan fingerprint density at radius 2 is 1.89 bits per heavy atom. The lowest BCUT2D eigenvalue weighted by Gasteiger charge is -2.21. The molecule has 1 aromatic heterocycles. The number of benzene rings is 1. The topological polar surface area (TPSA) is 102 Å². The molecule has 0 saturated heterocycles. The van der Waals surface area contributed by atoms with E-state index in [1.807, 2.05) is 32.9 Å². The summed E-state index contributed by atoms with van der Waals surface area (Å²) in [5.74, 6) is -0.406. The fraction of sp³-hybridized carbons (Fsp3) is 0.526. The molecule has 28 heavy (non-hydrogen) atoms. The van der Waals surface area contributed by atoms with E-state index in [9.17, 15) is 9.59 Å². The quantitative estimate of drug-likeness (QED) is 0.688. The zero-order valence-electron chi connectivity index (χ0n) is 17.0. The summed E-state index contributed by atoms with van der Waals surface area (Å²) in [7, 11) is 0. The maximum absolute atomic E-state index is 12.3. The third-order valence-corrected chi connectivity index (χ3v) is 4.85. The van der Waals surface area contributed by atoms with Crippen molar-refractivity contribution in [1.82, 2.24) is 30.8 Å². The summed E-state index contributed by atoms with van der Waals surface area (Å²) in [6.45, 7) is 9.41. The maximum atomic E-state index is 12.3. The Hall–Kier alpha value is -2.42. The van der Waals surface area contributed by atoms with E-state index >= 15 is 0 Å². The van der Waals surface area contributed by atoms with Crippen molar-refractivity contribution in [3.05, 3.63) is 29.8 Å². The van der Waals surface area contributed by atoms with Crippen molar-refractivity contribution >= 4 is 23.7 Å². The molecule has 1 unspecified atom stereocenters. The number of aromatic nitrogens is 4. The maximum Gasteiger partial charge on any atom is 0.321 e. The predicted molar refractivity (Wildman–Crippen MR) is 110 cm³/mol. The van der Waals surface area contributed by atoms with Crippen LogP contribution in [0.3, 0.4) is 0 Å². The third kappa shape index (κ3) is 6.63. The first-order valence-electron chi connectivity index (χ1n) is 9.37. The molecule has 9 heteroatoms. The molecule has 0 bridgehead atoms. The molecule has 1 heterocycles. The van der Waals surface area contributed by atoms with Gasteiger partial charge in [-0.05, 0) is 68.7 Å². The van der Waals surface area contributed by atoms with E-state index in [1.54, 1.807) is 11.6 Å². The second kappa shape index (κ2) is 9.68. The Labute approximate surface area is 169 Å². The molecule has 2 rings (SSSR count). The van der Waals surface area contributed by atoms with Gasteiger partial charge in [0.05, 0.1) is 10.9 Å². The van der Waals surface area contributed by atoms with Crippen LogP contribution >= 0.6 is 11.8 Å². The predicted octanol–water partition coefficient (Wildman–Crippen LogP) is 3.11. The summed E-state index contributed by atoms with van der Waals surface area (Å²) in [6.07, 6.45) is 3.35. The molecule has 2 aromatic rings. The molecule has 2 N–H and O–H groups in total. The van der Waals surface area contributed by atoms with Crippen molar-refractivity contribution in [3.63, 3.8) is 0 Å². The van der Waals surface area contributed by atoms with Crippen LogP contribution in [-0.4, -0.2) is 42.9 Å². The summed E-state index contributed by atoms with van der Waals surface area (Å²) in [4.78, 5) is 24.2. The molecule has 0 aliphatic rings. The average molecular weight is 405 g/mol. The molecule has 3 amide bonds. The molecule has 0 aliphatic carbocycles. The number of nitrogens with zero attached hydrogens (tertiary/aromatic N) is 4. The largest absolute Gasteiger partial charge is 0.333 e. The van der Waals surface area contributed by atoms with Crippen LogP contribution < -0.4 is 10.6 Å². The molecule has 0 spiro atoms. The normalized spacial score (nSPS) is 12.5. The summed E-state index contributed by atoms with van der Waals surface area (Å²) in [5.41, 5.74) is 1.67. The van der Waals surface area contributed by atoms with Gasteiger partial charge in [0.25, 0.3) is 0 Å².